The Kier molecular flexibility index (Phi) is 8.21. The molecular formula is C25H27Cl2FO4. The molecule has 0 bridgehead atoms. The molecule has 2 aromatic carbocycles. The number of carboxylic acids is 1. The summed E-state index contributed by atoms with van der Waals surface area (Å²) in [5.41, 5.74) is 2.41. The van der Waals surface area contributed by atoms with E-state index in [0.717, 1.165) is 36.5 Å². The van der Waals surface area contributed by atoms with Crippen LogP contribution < -0.4 is 4.74 Å². The summed E-state index contributed by atoms with van der Waals surface area (Å²) in [6.07, 6.45) is 1.76. The Morgan fingerprint density at radius 2 is 1.97 bits per heavy atom. The number of halogens is 3. The molecule has 0 radical (unpaired) electrons. The van der Waals surface area contributed by atoms with Crippen molar-refractivity contribution in [2.24, 2.45) is 5.92 Å². The van der Waals surface area contributed by atoms with Crippen LogP contribution in [0.15, 0.2) is 48.6 Å². The van der Waals surface area contributed by atoms with Gasteiger partial charge in [-0.1, -0.05) is 60.8 Å². The summed E-state index contributed by atoms with van der Waals surface area (Å²) in [6.45, 7) is 7.57. The largest absolute Gasteiger partial charge is 0.480 e. The fourth-order valence-corrected chi connectivity index (χ4v) is 4.76. The molecule has 3 rings (SSSR count). The standard InChI is InChI=1S/C25H27Cl2FO4/c1-4-5-22-19(15-6-8-16(26)9-7-15)12-18(14(2)3)24(32-22)20-10-17(28)11-21(27)25(20)31-13-23(29)30/h6-11,18-19,22,24H,2,4-5,12-13H2,1,3H3,(H,29,30)/t18-,19-,22+,24+/m1/s1. The fraction of sp³-hybridized carbons (Fsp3) is 0.400. The van der Waals surface area contributed by atoms with E-state index in [1.807, 2.05) is 31.2 Å². The number of carboxylic acid groups (broad SMARTS) is 1. The van der Waals surface area contributed by atoms with Crippen LogP contribution in [0.3, 0.4) is 0 Å². The summed E-state index contributed by atoms with van der Waals surface area (Å²) in [5.74, 6) is -1.59. The average molecular weight is 481 g/mol. The zero-order chi connectivity index (χ0) is 23.4. The van der Waals surface area contributed by atoms with Crippen molar-refractivity contribution in [2.75, 3.05) is 6.61 Å². The molecule has 7 heteroatoms. The molecule has 1 N–H and O–H groups in total. The van der Waals surface area contributed by atoms with Crippen molar-refractivity contribution in [3.8, 4) is 5.75 Å². The third kappa shape index (κ3) is 5.64. The molecular weight excluding hydrogens is 454 g/mol. The van der Waals surface area contributed by atoms with Crippen LogP contribution in [0.25, 0.3) is 0 Å². The molecule has 0 saturated carbocycles. The minimum Gasteiger partial charge on any atom is -0.480 e. The zero-order valence-corrected chi connectivity index (χ0v) is 19.6. The Morgan fingerprint density at radius 1 is 1.28 bits per heavy atom. The van der Waals surface area contributed by atoms with Crippen LogP contribution >= 0.6 is 23.2 Å². The van der Waals surface area contributed by atoms with E-state index < -0.39 is 24.5 Å². The van der Waals surface area contributed by atoms with Crippen molar-refractivity contribution in [1.29, 1.82) is 0 Å². The van der Waals surface area contributed by atoms with Gasteiger partial charge in [0.2, 0.25) is 0 Å². The van der Waals surface area contributed by atoms with Crippen molar-refractivity contribution >= 4 is 29.2 Å². The minimum absolute atomic E-state index is 0.0113. The highest BCUT2D eigenvalue weighted by Crippen LogP contribution is 2.50. The first-order valence-electron chi connectivity index (χ1n) is 10.6. The second-order valence-electron chi connectivity index (χ2n) is 8.22. The van der Waals surface area contributed by atoms with E-state index in [-0.39, 0.29) is 28.7 Å². The molecule has 4 nitrogen and oxygen atoms in total. The highest BCUT2D eigenvalue weighted by molar-refractivity contribution is 6.32. The quantitative estimate of drug-likeness (QED) is 0.405. The number of aliphatic carboxylic acids is 1. The van der Waals surface area contributed by atoms with E-state index in [4.69, 9.17) is 37.8 Å². The number of hydrogen-bond donors (Lipinski definition) is 1. The van der Waals surface area contributed by atoms with Crippen LogP contribution in [-0.4, -0.2) is 23.8 Å². The number of carbonyl (C=O) groups is 1. The van der Waals surface area contributed by atoms with Gasteiger partial charge in [0.25, 0.3) is 0 Å². The van der Waals surface area contributed by atoms with Crippen LogP contribution in [0.2, 0.25) is 10.0 Å². The fourth-order valence-electron chi connectivity index (χ4n) is 4.37. The predicted molar refractivity (Wildman–Crippen MR) is 124 cm³/mol. The maximum atomic E-state index is 14.4. The van der Waals surface area contributed by atoms with E-state index in [2.05, 4.69) is 13.5 Å². The van der Waals surface area contributed by atoms with Crippen LogP contribution in [0.5, 0.6) is 5.75 Å². The summed E-state index contributed by atoms with van der Waals surface area (Å²) < 4.78 is 26.4. The van der Waals surface area contributed by atoms with Gasteiger partial charge in [-0.2, -0.15) is 0 Å². The SMILES string of the molecule is C=C(C)[C@H]1C[C@H](c2ccc(Cl)cc2)[C@H](CCC)O[C@@H]1c1cc(F)cc(Cl)c1OCC(=O)O. The molecule has 1 aliphatic rings. The van der Waals surface area contributed by atoms with E-state index in [1.165, 1.54) is 6.07 Å². The minimum atomic E-state index is -1.15. The molecule has 1 aliphatic heterocycles. The maximum Gasteiger partial charge on any atom is 0.341 e. The number of rotatable bonds is 8. The molecule has 0 aromatic heterocycles. The number of hydrogen-bond acceptors (Lipinski definition) is 3. The first-order valence-corrected chi connectivity index (χ1v) is 11.4. The summed E-state index contributed by atoms with van der Waals surface area (Å²) in [4.78, 5) is 11.1. The highest BCUT2D eigenvalue weighted by Gasteiger charge is 2.41. The number of benzene rings is 2. The lowest BCUT2D eigenvalue weighted by molar-refractivity contribution is -0.139. The average Bonchev–Trinajstić information content (AvgIpc) is 2.73. The Morgan fingerprint density at radius 3 is 2.56 bits per heavy atom. The molecule has 1 fully saturated rings. The molecule has 172 valence electrons. The van der Waals surface area contributed by atoms with Gasteiger partial charge >= 0.3 is 5.97 Å². The Labute approximate surface area is 197 Å². The summed E-state index contributed by atoms with van der Waals surface area (Å²) in [5, 5.41) is 9.74. The Hall–Kier alpha value is -2.08. The van der Waals surface area contributed by atoms with Crippen LogP contribution in [-0.2, 0) is 9.53 Å². The van der Waals surface area contributed by atoms with Gasteiger partial charge in [-0.3, -0.25) is 0 Å². The Balaban J connectivity index is 2.04. The highest BCUT2D eigenvalue weighted by atomic mass is 35.5. The smallest absolute Gasteiger partial charge is 0.341 e. The third-order valence-corrected chi connectivity index (χ3v) is 6.36. The van der Waals surface area contributed by atoms with Crippen LogP contribution in [0.1, 0.15) is 56.3 Å². The molecule has 32 heavy (non-hydrogen) atoms. The molecule has 2 aromatic rings. The van der Waals surface area contributed by atoms with Gasteiger partial charge < -0.3 is 14.6 Å². The molecule has 1 heterocycles. The molecule has 0 unspecified atom stereocenters. The second kappa shape index (κ2) is 10.7. The first-order chi connectivity index (χ1) is 15.2. The van der Waals surface area contributed by atoms with Crippen molar-refractivity contribution in [1.82, 2.24) is 0 Å². The van der Waals surface area contributed by atoms with Crippen molar-refractivity contribution in [3.63, 3.8) is 0 Å². The first kappa shape index (κ1) is 24.6. The summed E-state index contributed by atoms with van der Waals surface area (Å²) in [6, 6.07) is 10.2. The van der Waals surface area contributed by atoms with Gasteiger partial charge in [0.05, 0.1) is 17.2 Å². The predicted octanol–water partition coefficient (Wildman–Crippen LogP) is 7.20. The normalized spacial score (nSPS) is 23.0. The van der Waals surface area contributed by atoms with Gasteiger partial charge in [-0.25, -0.2) is 9.18 Å². The van der Waals surface area contributed by atoms with Gasteiger partial charge in [0, 0.05) is 22.4 Å². The van der Waals surface area contributed by atoms with Crippen LogP contribution in [0.4, 0.5) is 4.39 Å². The van der Waals surface area contributed by atoms with Crippen molar-refractivity contribution < 1.29 is 23.8 Å². The van der Waals surface area contributed by atoms with E-state index in [1.54, 1.807) is 0 Å². The lowest BCUT2D eigenvalue weighted by Gasteiger charge is -2.43. The van der Waals surface area contributed by atoms with Crippen LogP contribution in [0, 0.1) is 11.7 Å². The zero-order valence-electron chi connectivity index (χ0n) is 18.1. The van der Waals surface area contributed by atoms with E-state index in [0.29, 0.717) is 10.6 Å². The maximum absolute atomic E-state index is 14.4. The van der Waals surface area contributed by atoms with Gasteiger partial charge in [0.15, 0.2) is 6.61 Å². The monoisotopic (exact) mass is 480 g/mol. The third-order valence-electron chi connectivity index (χ3n) is 5.83. The van der Waals surface area contributed by atoms with Gasteiger partial charge in [-0.05, 0) is 49.6 Å². The molecule has 0 spiro atoms. The topological polar surface area (TPSA) is 55.8 Å². The lowest BCUT2D eigenvalue weighted by atomic mass is 9.74. The molecule has 1 saturated heterocycles. The van der Waals surface area contributed by atoms with E-state index >= 15 is 0 Å². The Bertz CT molecular complexity index is 977. The van der Waals surface area contributed by atoms with E-state index in [9.17, 15) is 9.18 Å². The molecule has 0 amide bonds. The summed E-state index contributed by atoms with van der Waals surface area (Å²) in [7, 11) is 0. The summed E-state index contributed by atoms with van der Waals surface area (Å²) >= 11 is 12.3. The number of ether oxygens (including phenoxy) is 2. The van der Waals surface area contributed by atoms with Gasteiger partial charge in [0.1, 0.15) is 11.6 Å². The molecule has 4 atom stereocenters. The van der Waals surface area contributed by atoms with Crippen molar-refractivity contribution in [2.45, 2.75) is 51.2 Å². The van der Waals surface area contributed by atoms with Gasteiger partial charge in [-0.15, -0.1) is 0 Å². The second-order valence-corrected chi connectivity index (χ2v) is 9.06. The lowest BCUT2D eigenvalue weighted by Crippen LogP contribution is -2.36. The molecule has 0 aliphatic carbocycles. The van der Waals surface area contributed by atoms with Crippen molar-refractivity contribution in [3.05, 3.63) is 75.5 Å².